The zero-order valence-electron chi connectivity index (χ0n) is 12.5. The van der Waals surface area contributed by atoms with Gasteiger partial charge in [-0.3, -0.25) is 9.69 Å². The summed E-state index contributed by atoms with van der Waals surface area (Å²) in [5, 5.41) is 9.10. The number of benzene rings is 1. The number of aliphatic carboxylic acids is 1. The number of hydrogen-bond acceptors (Lipinski definition) is 3. The van der Waals surface area contributed by atoms with E-state index in [2.05, 4.69) is 0 Å². The Morgan fingerprint density at radius 2 is 2.05 bits per heavy atom. The van der Waals surface area contributed by atoms with E-state index in [4.69, 9.17) is 16.3 Å². The summed E-state index contributed by atoms with van der Waals surface area (Å²) < 4.78 is 19.0. The second kappa shape index (κ2) is 5.76. The fraction of sp³-hybridized carbons (Fsp3) is 0.467. The molecule has 120 valence electrons. The SMILES string of the molecule is CC(C)(C)OC(=O)N1CCC(C(=O)O)c2cc(F)c(Cl)cc21. The normalized spacial score (nSPS) is 17.9. The minimum absolute atomic E-state index is 0.168. The first kappa shape index (κ1) is 16.5. The van der Waals surface area contributed by atoms with Gasteiger partial charge in [0.2, 0.25) is 0 Å². The summed E-state index contributed by atoms with van der Waals surface area (Å²) in [6.07, 6.45) is -0.428. The Labute approximate surface area is 132 Å². The number of rotatable bonds is 1. The molecule has 0 aliphatic carbocycles. The molecule has 1 aliphatic heterocycles. The van der Waals surface area contributed by atoms with E-state index in [1.54, 1.807) is 20.8 Å². The molecule has 0 saturated heterocycles. The molecule has 5 nitrogen and oxygen atoms in total. The molecule has 1 amide bonds. The lowest BCUT2D eigenvalue weighted by molar-refractivity contribution is -0.139. The summed E-state index contributed by atoms with van der Waals surface area (Å²) in [4.78, 5) is 24.9. The number of anilines is 1. The molecule has 0 saturated carbocycles. The van der Waals surface area contributed by atoms with Crippen molar-refractivity contribution >= 4 is 29.4 Å². The second-order valence-electron chi connectivity index (χ2n) is 6.14. The number of ether oxygens (including phenoxy) is 1. The van der Waals surface area contributed by atoms with Crippen LogP contribution in [0.25, 0.3) is 0 Å². The minimum atomic E-state index is -1.06. The lowest BCUT2D eigenvalue weighted by Gasteiger charge is -2.34. The third kappa shape index (κ3) is 3.32. The molecule has 1 heterocycles. The summed E-state index contributed by atoms with van der Waals surface area (Å²) >= 11 is 5.77. The van der Waals surface area contributed by atoms with Crippen LogP contribution in [-0.4, -0.2) is 29.3 Å². The van der Waals surface area contributed by atoms with Crippen LogP contribution < -0.4 is 4.90 Å². The molecule has 1 unspecified atom stereocenters. The monoisotopic (exact) mass is 329 g/mol. The maximum Gasteiger partial charge on any atom is 0.414 e. The second-order valence-corrected chi connectivity index (χ2v) is 6.54. The molecule has 1 aromatic rings. The van der Waals surface area contributed by atoms with Crippen molar-refractivity contribution in [1.29, 1.82) is 0 Å². The first-order chi connectivity index (χ1) is 10.1. The highest BCUT2D eigenvalue weighted by atomic mass is 35.5. The molecule has 1 atom stereocenters. The fourth-order valence-corrected chi connectivity index (χ4v) is 2.52. The van der Waals surface area contributed by atoms with E-state index in [0.717, 1.165) is 6.07 Å². The van der Waals surface area contributed by atoms with Gasteiger partial charge in [-0.25, -0.2) is 9.18 Å². The summed E-state index contributed by atoms with van der Waals surface area (Å²) in [5.41, 5.74) is -0.184. The van der Waals surface area contributed by atoms with Crippen LogP contribution in [0.5, 0.6) is 0 Å². The molecule has 1 N–H and O–H groups in total. The zero-order chi connectivity index (χ0) is 16.7. The van der Waals surface area contributed by atoms with Crippen LogP contribution in [0.2, 0.25) is 5.02 Å². The van der Waals surface area contributed by atoms with E-state index < -0.39 is 29.4 Å². The van der Waals surface area contributed by atoms with Crippen LogP contribution >= 0.6 is 11.6 Å². The number of carbonyl (C=O) groups is 2. The number of halogens is 2. The number of carbonyl (C=O) groups excluding carboxylic acids is 1. The van der Waals surface area contributed by atoms with E-state index in [1.807, 2.05) is 0 Å². The van der Waals surface area contributed by atoms with Crippen LogP contribution in [0.15, 0.2) is 12.1 Å². The Morgan fingerprint density at radius 1 is 1.41 bits per heavy atom. The van der Waals surface area contributed by atoms with Gasteiger partial charge < -0.3 is 9.84 Å². The Hall–Kier alpha value is -1.82. The van der Waals surface area contributed by atoms with Gasteiger partial charge in [0.25, 0.3) is 0 Å². The predicted octanol–water partition coefficient (Wildman–Crippen LogP) is 3.79. The first-order valence-corrected chi connectivity index (χ1v) is 7.20. The molecule has 0 fully saturated rings. The van der Waals surface area contributed by atoms with Crippen molar-refractivity contribution in [2.75, 3.05) is 11.4 Å². The highest BCUT2D eigenvalue weighted by Crippen LogP contribution is 2.39. The van der Waals surface area contributed by atoms with Crippen molar-refractivity contribution in [3.05, 3.63) is 28.5 Å². The van der Waals surface area contributed by atoms with Gasteiger partial charge in [0.15, 0.2) is 0 Å². The highest BCUT2D eigenvalue weighted by Gasteiger charge is 2.35. The van der Waals surface area contributed by atoms with Gasteiger partial charge in [0.05, 0.1) is 16.6 Å². The molecule has 1 aliphatic rings. The average molecular weight is 330 g/mol. The van der Waals surface area contributed by atoms with E-state index >= 15 is 0 Å². The summed E-state index contributed by atoms with van der Waals surface area (Å²) in [6, 6.07) is 2.35. The fourth-order valence-electron chi connectivity index (χ4n) is 2.36. The third-order valence-corrected chi connectivity index (χ3v) is 3.58. The quantitative estimate of drug-likeness (QED) is 0.851. The van der Waals surface area contributed by atoms with Gasteiger partial charge in [-0.2, -0.15) is 0 Å². The van der Waals surface area contributed by atoms with Crippen molar-refractivity contribution in [2.45, 2.75) is 38.7 Å². The zero-order valence-corrected chi connectivity index (χ0v) is 13.3. The topological polar surface area (TPSA) is 66.8 Å². The van der Waals surface area contributed by atoms with Gasteiger partial charge in [-0.15, -0.1) is 0 Å². The molecule has 0 spiro atoms. The Bertz CT molecular complexity index is 627. The summed E-state index contributed by atoms with van der Waals surface area (Å²) in [7, 11) is 0. The van der Waals surface area contributed by atoms with Gasteiger partial charge in [-0.05, 0) is 44.9 Å². The first-order valence-electron chi connectivity index (χ1n) is 6.82. The number of hydrogen-bond donors (Lipinski definition) is 1. The molecular weight excluding hydrogens is 313 g/mol. The van der Waals surface area contributed by atoms with Crippen LogP contribution in [0.3, 0.4) is 0 Å². The van der Waals surface area contributed by atoms with Crippen LogP contribution in [0.4, 0.5) is 14.9 Å². The van der Waals surface area contributed by atoms with Gasteiger partial charge in [0.1, 0.15) is 11.4 Å². The van der Waals surface area contributed by atoms with Crippen LogP contribution in [0.1, 0.15) is 38.7 Å². The largest absolute Gasteiger partial charge is 0.481 e. The minimum Gasteiger partial charge on any atom is -0.481 e. The maximum atomic E-state index is 13.7. The van der Waals surface area contributed by atoms with Crippen LogP contribution in [0, 0.1) is 5.82 Å². The number of fused-ring (bicyclic) bond motifs is 1. The molecule has 0 radical (unpaired) electrons. The molecule has 22 heavy (non-hydrogen) atoms. The number of nitrogens with zero attached hydrogens (tertiary/aromatic N) is 1. The smallest absolute Gasteiger partial charge is 0.414 e. The molecule has 2 rings (SSSR count). The predicted molar refractivity (Wildman–Crippen MR) is 80.0 cm³/mol. The van der Waals surface area contributed by atoms with E-state index in [9.17, 15) is 19.1 Å². The van der Waals surface area contributed by atoms with Crippen molar-refractivity contribution < 1.29 is 23.8 Å². The van der Waals surface area contributed by atoms with Crippen LogP contribution in [-0.2, 0) is 9.53 Å². The van der Waals surface area contributed by atoms with E-state index in [-0.39, 0.29) is 29.2 Å². The number of carboxylic acid groups (broad SMARTS) is 1. The summed E-state index contributed by atoms with van der Waals surface area (Å²) in [5.74, 6) is -2.65. The lowest BCUT2D eigenvalue weighted by Crippen LogP contribution is -2.41. The van der Waals surface area contributed by atoms with E-state index in [0.29, 0.717) is 0 Å². The molecule has 7 heteroatoms. The lowest BCUT2D eigenvalue weighted by atomic mass is 9.90. The number of amides is 1. The van der Waals surface area contributed by atoms with E-state index in [1.165, 1.54) is 11.0 Å². The maximum absolute atomic E-state index is 13.7. The standard InChI is InChI=1S/C15H17ClFNO4/c1-15(2,3)22-14(21)18-5-4-8(13(19)20)9-6-11(17)10(16)7-12(9)18/h6-8H,4-5H2,1-3H3,(H,19,20). The molecule has 0 bridgehead atoms. The highest BCUT2D eigenvalue weighted by molar-refractivity contribution is 6.31. The molecule has 1 aromatic carbocycles. The van der Waals surface area contributed by atoms with Crippen molar-refractivity contribution in [3.63, 3.8) is 0 Å². The van der Waals surface area contributed by atoms with Gasteiger partial charge in [0, 0.05) is 6.54 Å². The van der Waals surface area contributed by atoms with Gasteiger partial charge >= 0.3 is 12.1 Å². The Balaban J connectivity index is 2.45. The molecular formula is C15H17ClFNO4. The van der Waals surface area contributed by atoms with Crippen molar-refractivity contribution in [2.24, 2.45) is 0 Å². The molecule has 0 aromatic heterocycles. The van der Waals surface area contributed by atoms with Gasteiger partial charge in [-0.1, -0.05) is 11.6 Å². The third-order valence-electron chi connectivity index (χ3n) is 3.29. The Morgan fingerprint density at radius 3 is 2.59 bits per heavy atom. The summed E-state index contributed by atoms with van der Waals surface area (Å²) in [6.45, 7) is 5.36. The Kier molecular flexibility index (Phi) is 4.33. The number of carboxylic acids is 1. The average Bonchev–Trinajstić information content (AvgIpc) is 2.36. The van der Waals surface area contributed by atoms with Crippen molar-refractivity contribution in [1.82, 2.24) is 0 Å². The van der Waals surface area contributed by atoms with Crippen molar-refractivity contribution in [3.8, 4) is 0 Å².